The predicted octanol–water partition coefficient (Wildman–Crippen LogP) is 2.04. The Morgan fingerprint density at radius 3 is 2.74 bits per heavy atom. The van der Waals surface area contributed by atoms with Gasteiger partial charge < -0.3 is 10.6 Å². The van der Waals surface area contributed by atoms with Gasteiger partial charge in [0.05, 0.1) is 12.2 Å². The molecule has 5 nitrogen and oxygen atoms in total. The summed E-state index contributed by atoms with van der Waals surface area (Å²) < 4.78 is 0. The zero-order chi connectivity index (χ0) is 13.7. The van der Waals surface area contributed by atoms with E-state index in [4.69, 9.17) is 5.73 Å². The summed E-state index contributed by atoms with van der Waals surface area (Å²) in [5.41, 5.74) is 7.97. The summed E-state index contributed by atoms with van der Waals surface area (Å²) in [7, 11) is 2.00. The minimum atomic E-state index is 0.569. The van der Waals surface area contributed by atoms with E-state index in [9.17, 15) is 0 Å². The lowest BCUT2D eigenvalue weighted by Gasteiger charge is -2.21. The zero-order valence-corrected chi connectivity index (χ0v) is 11.4. The van der Waals surface area contributed by atoms with E-state index in [2.05, 4.69) is 26.8 Å². The predicted molar refractivity (Wildman–Crippen MR) is 76.8 cm³/mol. The van der Waals surface area contributed by atoms with Gasteiger partial charge in [0.2, 0.25) is 0 Å². The highest BCUT2D eigenvalue weighted by Crippen LogP contribution is 2.22. The summed E-state index contributed by atoms with van der Waals surface area (Å²) in [5, 5.41) is 0. The highest BCUT2D eigenvalue weighted by Gasteiger charge is 2.13. The molecule has 0 saturated carbocycles. The van der Waals surface area contributed by atoms with Gasteiger partial charge in [-0.2, -0.15) is 0 Å². The number of anilines is 2. The first-order valence-corrected chi connectivity index (χ1v) is 6.42. The highest BCUT2D eigenvalue weighted by molar-refractivity contribution is 5.56. The van der Waals surface area contributed by atoms with Crippen LogP contribution in [0.5, 0.6) is 0 Å². The summed E-state index contributed by atoms with van der Waals surface area (Å²) >= 11 is 0. The maximum Gasteiger partial charge on any atom is 0.137 e. The Balaban J connectivity index is 2.23. The molecule has 0 fully saturated rings. The molecule has 0 aliphatic rings. The van der Waals surface area contributed by atoms with Crippen LogP contribution in [-0.2, 0) is 13.0 Å². The van der Waals surface area contributed by atoms with Crippen molar-refractivity contribution in [3.63, 3.8) is 0 Å². The Morgan fingerprint density at radius 1 is 1.21 bits per heavy atom. The monoisotopic (exact) mass is 257 g/mol. The first kappa shape index (κ1) is 13.3. The van der Waals surface area contributed by atoms with Crippen molar-refractivity contribution in [1.29, 1.82) is 0 Å². The molecule has 2 N–H and O–H groups in total. The molecular formula is C14H19N5. The van der Waals surface area contributed by atoms with Crippen molar-refractivity contribution in [3.8, 4) is 0 Å². The molecule has 0 aliphatic heterocycles. The van der Waals surface area contributed by atoms with Gasteiger partial charge in [-0.3, -0.25) is 4.98 Å². The fraction of sp³-hybridized carbons (Fsp3) is 0.357. The molecule has 0 aromatic carbocycles. The van der Waals surface area contributed by atoms with E-state index in [1.165, 1.54) is 6.33 Å². The van der Waals surface area contributed by atoms with Crippen LogP contribution >= 0.6 is 0 Å². The number of aromatic nitrogens is 3. The van der Waals surface area contributed by atoms with E-state index < -0.39 is 0 Å². The molecule has 0 spiro atoms. The quantitative estimate of drug-likeness (QED) is 0.887. The van der Waals surface area contributed by atoms with Crippen molar-refractivity contribution in [1.82, 2.24) is 15.0 Å². The summed E-state index contributed by atoms with van der Waals surface area (Å²) in [5.74, 6) is 1.46. The third kappa shape index (κ3) is 3.19. The molecule has 0 aliphatic carbocycles. The Morgan fingerprint density at radius 2 is 2.05 bits per heavy atom. The summed E-state index contributed by atoms with van der Waals surface area (Å²) in [4.78, 5) is 14.8. The van der Waals surface area contributed by atoms with Gasteiger partial charge in [-0.15, -0.1) is 0 Å². The van der Waals surface area contributed by atoms with Crippen LogP contribution in [0.25, 0.3) is 0 Å². The Kier molecular flexibility index (Phi) is 4.28. The molecule has 0 saturated heterocycles. The van der Waals surface area contributed by atoms with E-state index in [0.717, 1.165) is 29.9 Å². The molecular weight excluding hydrogens is 238 g/mol. The van der Waals surface area contributed by atoms with Crippen LogP contribution in [0.4, 0.5) is 11.6 Å². The van der Waals surface area contributed by atoms with Crippen molar-refractivity contribution in [2.45, 2.75) is 26.3 Å². The normalized spacial score (nSPS) is 10.4. The third-order valence-corrected chi connectivity index (χ3v) is 2.94. The lowest BCUT2D eigenvalue weighted by molar-refractivity contribution is 0.830. The van der Waals surface area contributed by atoms with E-state index in [1.54, 1.807) is 6.20 Å². The Bertz CT molecular complexity index is 527. The molecule has 0 unspecified atom stereocenters. The molecule has 2 rings (SSSR count). The maximum atomic E-state index is 5.95. The van der Waals surface area contributed by atoms with Crippen LogP contribution in [0, 0.1) is 0 Å². The Labute approximate surface area is 113 Å². The number of hydrogen-bond acceptors (Lipinski definition) is 5. The van der Waals surface area contributed by atoms with Crippen LogP contribution < -0.4 is 10.6 Å². The topological polar surface area (TPSA) is 67.9 Å². The average Bonchev–Trinajstić information content (AvgIpc) is 2.42. The van der Waals surface area contributed by atoms with Gasteiger partial charge in [-0.25, -0.2) is 9.97 Å². The van der Waals surface area contributed by atoms with Crippen LogP contribution in [0.15, 0.2) is 30.7 Å². The lowest BCUT2D eigenvalue weighted by Crippen LogP contribution is -2.21. The molecule has 0 amide bonds. The number of hydrogen-bond donors (Lipinski definition) is 1. The van der Waals surface area contributed by atoms with Crippen molar-refractivity contribution in [3.05, 3.63) is 42.0 Å². The first-order chi connectivity index (χ1) is 9.22. The molecule has 19 heavy (non-hydrogen) atoms. The highest BCUT2D eigenvalue weighted by atomic mass is 15.2. The van der Waals surface area contributed by atoms with Gasteiger partial charge in [0.1, 0.15) is 18.0 Å². The SMILES string of the molecule is CCCc1c(N)ncnc1N(C)Cc1ccccn1. The molecule has 0 radical (unpaired) electrons. The number of pyridine rings is 1. The van der Waals surface area contributed by atoms with Crippen LogP contribution in [0.3, 0.4) is 0 Å². The standard InChI is InChI=1S/C14H19N5/c1-3-6-12-13(15)17-10-18-14(12)19(2)9-11-7-4-5-8-16-11/h4-5,7-8,10H,3,6,9H2,1-2H3,(H2,15,17,18). The van der Waals surface area contributed by atoms with Crippen molar-refractivity contribution in [2.24, 2.45) is 0 Å². The van der Waals surface area contributed by atoms with Gasteiger partial charge in [-0.05, 0) is 18.6 Å². The minimum Gasteiger partial charge on any atom is -0.383 e. The largest absolute Gasteiger partial charge is 0.383 e. The Hall–Kier alpha value is -2.17. The van der Waals surface area contributed by atoms with Gasteiger partial charge in [-0.1, -0.05) is 19.4 Å². The zero-order valence-electron chi connectivity index (χ0n) is 11.4. The number of nitrogens with zero attached hydrogens (tertiary/aromatic N) is 4. The summed E-state index contributed by atoms with van der Waals surface area (Å²) in [6, 6.07) is 5.90. The molecule has 5 heteroatoms. The molecule has 100 valence electrons. The van der Waals surface area contributed by atoms with Crippen LogP contribution in [-0.4, -0.2) is 22.0 Å². The van der Waals surface area contributed by atoms with Gasteiger partial charge in [0.25, 0.3) is 0 Å². The van der Waals surface area contributed by atoms with Gasteiger partial charge in [0.15, 0.2) is 0 Å². The van der Waals surface area contributed by atoms with E-state index in [-0.39, 0.29) is 0 Å². The smallest absolute Gasteiger partial charge is 0.137 e. The van der Waals surface area contributed by atoms with Crippen molar-refractivity contribution < 1.29 is 0 Å². The maximum absolute atomic E-state index is 5.95. The minimum absolute atomic E-state index is 0.569. The fourth-order valence-electron chi connectivity index (χ4n) is 2.04. The number of rotatable bonds is 5. The van der Waals surface area contributed by atoms with Crippen LogP contribution in [0.2, 0.25) is 0 Å². The average molecular weight is 257 g/mol. The number of nitrogen functional groups attached to an aromatic ring is 1. The third-order valence-electron chi connectivity index (χ3n) is 2.94. The second kappa shape index (κ2) is 6.13. The molecule has 0 atom stereocenters. The number of nitrogens with two attached hydrogens (primary N) is 1. The molecule has 2 aromatic heterocycles. The summed E-state index contributed by atoms with van der Waals surface area (Å²) in [6.45, 7) is 2.82. The lowest BCUT2D eigenvalue weighted by atomic mass is 10.1. The van der Waals surface area contributed by atoms with Crippen molar-refractivity contribution >= 4 is 11.6 Å². The first-order valence-electron chi connectivity index (χ1n) is 6.42. The molecule has 0 bridgehead atoms. The van der Waals surface area contributed by atoms with Crippen molar-refractivity contribution in [2.75, 3.05) is 17.7 Å². The van der Waals surface area contributed by atoms with E-state index in [0.29, 0.717) is 12.4 Å². The fourth-order valence-corrected chi connectivity index (χ4v) is 2.04. The second-order valence-electron chi connectivity index (χ2n) is 4.49. The molecule has 2 heterocycles. The van der Waals surface area contributed by atoms with Crippen LogP contribution in [0.1, 0.15) is 24.6 Å². The molecule has 2 aromatic rings. The van der Waals surface area contributed by atoms with E-state index >= 15 is 0 Å². The van der Waals surface area contributed by atoms with E-state index in [1.807, 2.05) is 25.2 Å². The van der Waals surface area contributed by atoms with Gasteiger partial charge >= 0.3 is 0 Å². The second-order valence-corrected chi connectivity index (χ2v) is 4.49. The van der Waals surface area contributed by atoms with Gasteiger partial charge in [0, 0.05) is 18.8 Å². The summed E-state index contributed by atoms with van der Waals surface area (Å²) in [6.07, 6.45) is 5.21.